The van der Waals surface area contributed by atoms with Gasteiger partial charge >= 0.3 is 0 Å². The number of aryl methyl sites for hydroxylation is 2. The molecule has 0 atom stereocenters. The van der Waals surface area contributed by atoms with Crippen LogP contribution in [-0.4, -0.2) is 28.3 Å². The first-order valence-electron chi connectivity index (χ1n) is 6.61. The summed E-state index contributed by atoms with van der Waals surface area (Å²) < 4.78 is 0. The van der Waals surface area contributed by atoms with Gasteiger partial charge in [0.25, 0.3) is 0 Å². The fourth-order valence-electron chi connectivity index (χ4n) is 1.67. The molecule has 0 aliphatic heterocycles. The molecule has 2 aromatic heterocycles. The molecule has 19 heavy (non-hydrogen) atoms. The molecule has 0 radical (unpaired) electrons. The maximum absolute atomic E-state index is 4.25. The third kappa shape index (κ3) is 4.63. The minimum Gasteiger partial charge on any atom is -0.316 e. The highest BCUT2D eigenvalue weighted by molar-refractivity contribution is 7.21. The molecule has 0 unspecified atom stereocenters. The summed E-state index contributed by atoms with van der Waals surface area (Å²) >= 11 is 3.36. The molecule has 0 amide bonds. The molecule has 1 N–H and O–H groups in total. The van der Waals surface area contributed by atoms with E-state index in [-0.39, 0.29) is 0 Å². The number of nitrogens with zero attached hydrogens (tertiary/aromatic N) is 3. The Labute approximate surface area is 122 Å². The molecule has 0 spiro atoms. The van der Waals surface area contributed by atoms with Crippen LogP contribution in [-0.2, 0) is 6.42 Å². The summed E-state index contributed by atoms with van der Waals surface area (Å²) in [6.45, 7) is 8.59. The van der Waals surface area contributed by atoms with Crippen LogP contribution in [0.2, 0.25) is 0 Å². The molecular formula is C13H20N4S2. The zero-order valence-corrected chi connectivity index (χ0v) is 13.3. The van der Waals surface area contributed by atoms with E-state index in [4.69, 9.17) is 0 Å². The Bertz CT molecular complexity index is 504. The minimum atomic E-state index is 0.711. The van der Waals surface area contributed by atoms with E-state index in [1.807, 2.05) is 13.1 Å². The lowest BCUT2D eigenvalue weighted by molar-refractivity contribution is 0.542. The van der Waals surface area contributed by atoms with E-state index in [0.29, 0.717) is 5.92 Å². The van der Waals surface area contributed by atoms with Gasteiger partial charge in [0.05, 0.1) is 9.88 Å². The largest absolute Gasteiger partial charge is 0.316 e. The lowest BCUT2D eigenvalue weighted by atomic mass is 10.2. The van der Waals surface area contributed by atoms with Crippen LogP contribution in [0.25, 0.3) is 9.88 Å². The van der Waals surface area contributed by atoms with Crippen molar-refractivity contribution in [3.8, 4) is 9.88 Å². The summed E-state index contributed by atoms with van der Waals surface area (Å²) in [5, 5.41) is 15.1. The lowest BCUT2D eigenvalue weighted by Gasteiger charge is -2.05. The van der Waals surface area contributed by atoms with E-state index in [2.05, 4.69) is 34.3 Å². The molecule has 4 nitrogen and oxygen atoms in total. The van der Waals surface area contributed by atoms with Gasteiger partial charge in [-0.2, -0.15) is 0 Å². The van der Waals surface area contributed by atoms with Gasteiger partial charge < -0.3 is 5.32 Å². The predicted molar refractivity (Wildman–Crippen MR) is 81.8 cm³/mol. The molecule has 2 heterocycles. The van der Waals surface area contributed by atoms with Crippen LogP contribution in [0, 0.1) is 12.8 Å². The van der Waals surface area contributed by atoms with Crippen molar-refractivity contribution in [3.05, 3.63) is 16.2 Å². The third-order valence-corrected chi connectivity index (χ3v) is 4.66. The number of nitrogens with one attached hydrogen (secondary N) is 1. The van der Waals surface area contributed by atoms with Crippen molar-refractivity contribution >= 4 is 22.7 Å². The molecule has 2 rings (SSSR count). The molecule has 0 bridgehead atoms. The first-order valence-corrected chi connectivity index (χ1v) is 8.24. The second-order valence-corrected chi connectivity index (χ2v) is 7.24. The molecule has 2 aromatic rings. The maximum atomic E-state index is 4.25. The Morgan fingerprint density at radius 2 is 2.11 bits per heavy atom. The van der Waals surface area contributed by atoms with Gasteiger partial charge in [-0.1, -0.05) is 25.2 Å². The van der Waals surface area contributed by atoms with Crippen molar-refractivity contribution in [2.24, 2.45) is 5.92 Å². The molecule has 6 heteroatoms. The third-order valence-electron chi connectivity index (χ3n) is 2.60. The van der Waals surface area contributed by atoms with E-state index >= 15 is 0 Å². The van der Waals surface area contributed by atoms with Gasteiger partial charge in [0.2, 0.25) is 0 Å². The Kier molecular flexibility index (Phi) is 5.42. The summed E-state index contributed by atoms with van der Waals surface area (Å²) in [6, 6.07) is 0. The van der Waals surface area contributed by atoms with Crippen molar-refractivity contribution < 1.29 is 0 Å². The second-order valence-electron chi connectivity index (χ2n) is 4.95. The smallest absolute Gasteiger partial charge is 0.159 e. The quantitative estimate of drug-likeness (QED) is 0.797. The molecule has 0 saturated carbocycles. The molecule has 0 saturated heterocycles. The monoisotopic (exact) mass is 296 g/mol. The van der Waals surface area contributed by atoms with E-state index in [9.17, 15) is 0 Å². The molecular weight excluding hydrogens is 276 g/mol. The summed E-state index contributed by atoms with van der Waals surface area (Å²) in [5.74, 6) is 0.711. The Morgan fingerprint density at radius 3 is 2.79 bits per heavy atom. The summed E-state index contributed by atoms with van der Waals surface area (Å²) in [7, 11) is 0. The van der Waals surface area contributed by atoms with Gasteiger partial charge in [-0.3, -0.25) is 0 Å². The summed E-state index contributed by atoms with van der Waals surface area (Å²) in [4.78, 5) is 5.38. The highest BCUT2D eigenvalue weighted by Gasteiger charge is 2.09. The first kappa shape index (κ1) is 14.6. The van der Waals surface area contributed by atoms with Crippen molar-refractivity contribution in [1.29, 1.82) is 0 Å². The van der Waals surface area contributed by atoms with Crippen molar-refractivity contribution in [3.63, 3.8) is 0 Å². The van der Waals surface area contributed by atoms with E-state index in [0.717, 1.165) is 45.8 Å². The fraction of sp³-hybridized carbons (Fsp3) is 0.615. The van der Waals surface area contributed by atoms with Crippen LogP contribution in [0.15, 0.2) is 6.20 Å². The topological polar surface area (TPSA) is 50.7 Å². The highest BCUT2D eigenvalue weighted by Crippen LogP contribution is 2.28. The van der Waals surface area contributed by atoms with E-state index < -0.39 is 0 Å². The highest BCUT2D eigenvalue weighted by atomic mass is 32.1. The van der Waals surface area contributed by atoms with Crippen LogP contribution < -0.4 is 5.32 Å². The predicted octanol–water partition coefficient (Wildman–Crippen LogP) is 3.15. The molecule has 0 aliphatic carbocycles. The Morgan fingerprint density at radius 1 is 1.26 bits per heavy atom. The molecule has 0 fully saturated rings. The van der Waals surface area contributed by atoms with Gasteiger partial charge in [-0.05, 0) is 32.4 Å². The summed E-state index contributed by atoms with van der Waals surface area (Å²) in [6.07, 6.45) is 4.00. The van der Waals surface area contributed by atoms with Crippen molar-refractivity contribution in [2.45, 2.75) is 33.6 Å². The minimum absolute atomic E-state index is 0.711. The van der Waals surface area contributed by atoms with Gasteiger partial charge in [0, 0.05) is 12.6 Å². The standard InChI is InChI=1S/C13H20N4S2/c1-9(2)7-14-6-4-5-12-16-17-13(19-12)11-8-15-10(3)18-11/h8-9,14H,4-7H2,1-3H3. The number of hydrogen-bond donors (Lipinski definition) is 1. The van der Waals surface area contributed by atoms with Crippen LogP contribution in [0.5, 0.6) is 0 Å². The lowest BCUT2D eigenvalue weighted by Crippen LogP contribution is -2.21. The average molecular weight is 296 g/mol. The maximum Gasteiger partial charge on any atom is 0.159 e. The number of thiazole rings is 1. The number of rotatable bonds is 7. The SMILES string of the molecule is Cc1ncc(-c2nnc(CCCNCC(C)C)s2)s1. The average Bonchev–Trinajstić information content (AvgIpc) is 2.97. The van der Waals surface area contributed by atoms with E-state index in [1.54, 1.807) is 22.7 Å². The first-order chi connectivity index (χ1) is 9.15. The van der Waals surface area contributed by atoms with Gasteiger partial charge in [0.15, 0.2) is 5.01 Å². The van der Waals surface area contributed by atoms with Crippen LogP contribution in [0.4, 0.5) is 0 Å². The van der Waals surface area contributed by atoms with Crippen molar-refractivity contribution in [1.82, 2.24) is 20.5 Å². The zero-order valence-electron chi connectivity index (χ0n) is 11.6. The van der Waals surface area contributed by atoms with Crippen LogP contribution >= 0.6 is 22.7 Å². The van der Waals surface area contributed by atoms with Crippen LogP contribution in [0.3, 0.4) is 0 Å². The van der Waals surface area contributed by atoms with E-state index in [1.165, 1.54) is 0 Å². The Balaban J connectivity index is 1.78. The Hall–Kier alpha value is -0.850. The molecule has 104 valence electrons. The van der Waals surface area contributed by atoms with Gasteiger partial charge in [-0.15, -0.1) is 21.5 Å². The fourth-order valence-corrected chi connectivity index (χ4v) is 3.36. The van der Waals surface area contributed by atoms with Crippen molar-refractivity contribution in [2.75, 3.05) is 13.1 Å². The summed E-state index contributed by atoms with van der Waals surface area (Å²) in [5.41, 5.74) is 0. The zero-order chi connectivity index (χ0) is 13.7. The van der Waals surface area contributed by atoms with Crippen LogP contribution in [0.1, 0.15) is 30.3 Å². The van der Waals surface area contributed by atoms with Gasteiger partial charge in [-0.25, -0.2) is 4.98 Å². The van der Waals surface area contributed by atoms with Gasteiger partial charge in [0.1, 0.15) is 5.01 Å². The molecule has 0 aliphatic rings. The number of hydrogen-bond acceptors (Lipinski definition) is 6. The second kappa shape index (κ2) is 7.07. The number of aromatic nitrogens is 3. The normalized spacial score (nSPS) is 11.4. The molecule has 0 aromatic carbocycles.